The third-order valence-corrected chi connectivity index (χ3v) is 5.45. The van der Waals surface area contributed by atoms with E-state index in [1.54, 1.807) is 30.3 Å². The van der Waals surface area contributed by atoms with E-state index in [1.165, 1.54) is 16.4 Å². The van der Waals surface area contributed by atoms with Crippen molar-refractivity contribution in [1.29, 1.82) is 0 Å². The Kier molecular flexibility index (Phi) is 7.31. The first kappa shape index (κ1) is 23.2. The van der Waals surface area contributed by atoms with E-state index in [9.17, 15) is 9.59 Å². The van der Waals surface area contributed by atoms with Gasteiger partial charge in [-0.1, -0.05) is 31.2 Å². The fourth-order valence-corrected chi connectivity index (χ4v) is 3.39. The Morgan fingerprint density at radius 3 is 2.71 bits per heavy atom. The summed E-state index contributed by atoms with van der Waals surface area (Å²) in [5.41, 5.74) is 1.72. The van der Waals surface area contributed by atoms with Gasteiger partial charge in [-0.3, -0.25) is 14.3 Å². The summed E-state index contributed by atoms with van der Waals surface area (Å²) in [5, 5.41) is 6.92. The highest BCUT2D eigenvalue weighted by Gasteiger charge is 2.27. The number of hydrogen-bond acceptors (Lipinski definition) is 6. The molecular formula is C25H28N4O5. The number of fused-ring (bicyclic) bond motifs is 1. The average Bonchev–Trinajstić information content (AvgIpc) is 3.30. The van der Waals surface area contributed by atoms with Gasteiger partial charge in [0, 0.05) is 13.2 Å². The van der Waals surface area contributed by atoms with Crippen molar-refractivity contribution in [3.8, 4) is 17.2 Å². The molecule has 0 saturated heterocycles. The van der Waals surface area contributed by atoms with Crippen molar-refractivity contribution in [3.63, 3.8) is 0 Å². The zero-order valence-corrected chi connectivity index (χ0v) is 19.3. The van der Waals surface area contributed by atoms with Gasteiger partial charge in [-0.2, -0.15) is 5.10 Å². The van der Waals surface area contributed by atoms with Crippen LogP contribution in [0.3, 0.4) is 0 Å². The Morgan fingerprint density at radius 2 is 1.94 bits per heavy atom. The van der Waals surface area contributed by atoms with Crippen LogP contribution in [-0.4, -0.2) is 59.4 Å². The maximum absolute atomic E-state index is 12.5. The standard InChI is InChI=1S/C25H28N4O5/c1-3-18-8-10-20(11-9-18)32-13-12-28(2)24(30)16-29-15-19(14-26-29)27-25(31)23-17-33-21-6-4-5-7-22(21)34-23/h4-11,14-15,23H,3,12-13,16-17H2,1-2H3,(H,27,31)/t23-/m1/s1. The molecule has 1 aromatic heterocycles. The number of carbonyl (C=O) groups excluding carboxylic acids is 2. The molecule has 3 aromatic rings. The Balaban J connectivity index is 1.22. The summed E-state index contributed by atoms with van der Waals surface area (Å²) in [7, 11) is 1.72. The predicted molar refractivity (Wildman–Crippen MR) is 126 cm³/mol. The molecule has 0 saturated carbocycles. The van der Waals surface area contributed by atoms with Crippen LogP contribution in [-0.2, 0) is 22.6 Å². The van der Waals surface area contributed by atoms with Crippen molar-refractivity contribution >= 4 is 17.5 Å². The van der Waals surface area contributed by atoms with E-state index in [0.29, 0.717) is 30.3 Å². The number of ether oxygens (including phenoxy) is 3. The molecule has 1 atom stereocenters. The average molecular weight is 465 g/mol. The second-order valence-electron chi connectivity index (χ2n) is 7.94. The molecular weight excluding hydrogens is 436 g/mol. The Morgan fingerprint density at radius 1 is 1.18 bits per heavy atom. The number of benzene rings is 2. The molecule has 4 rings (SSSR count). The molecule has 34 heavy (non-hydrogen) atoms. The van der Waals surface area contributed by atoms with Gasteiger partial charge in [-0.25, -0.2) is 0 Å². The number of anilines is 1. The summed E-state index contributed by atoms with van der Waals surface area (Å²) in [4.78, 5) is 26.7. The highest BCUT2D eigenvalue weighted by molar-refractivity contribution is 5.94. The fourth-order valence-electron chi connectivity index (χ4n) is 3.39. The molecule has 0 aliphatic carbocycles. The zero-order chi connectivity index (χ0) is 23.9. The number of aromatic nitrogens is 2. The van der Waals surface area contributed by atoms with Crippen LogP contribution in [0.25, 0.3) is 0 Å². The lowest BCUT2D eigenvalue weighted by Crippen LogP contribution is -2.40. The summed E-state index contributed by atoms with van der Waals surface area (Å²) in [5.74, 6) is 1.46. The highest BCUT2D eigenvalue weighted by atomic mass is 16.6. The van der Waals surface area contributed by atoms with Gasteiger partial charge in [0.05, 0.1) is 18.4 Å². The van der Waals surface area contributed by atoms with Crippen molar-refractivity contribution in [2.75, 3.05) is 32.1 Å². The van der Waals surface area contributed by atoms with Crippen molar-refractivity contribution in [3.05, 3.63) is 66.5 Å². The van der Waals surface area contributed by atoms with E-state index >= 15 is 0 Å². The number of nitrogens with one attached hydrogen (secondary N) is 1. The number of para-hydroxylation sites is 2. The minimum Gasteiger partial charge on any atom is -0.492 e. The largest absolute Gasteiger partial charge is 0.492 e. The van der Waals surface area contributed by atoms with Crippen molar-refractivity contribution < 1.29 is 23.8 Å². The Labute approximate surface area is 198 Å². The summed E-state index contributed by atoms with van der Waals surface area (Å²) in [6.07, 6.45) is 3.30. The second kappa shape index (κ2) is 10.7. The monoisotopic (exact) mass is 464 g/mol. The van der Waals surface area contributed by atoms with Crippen LogP contribution in [0.2, 0.25) is 0 Å². The minimum absolute atomic E-state index is 0.0496. The Hall–Kier alpha value is -4.01. The van der Waals surface area contributed by atoms with E-state index in [1.807, 2.05) is 36.4 Å². The van der Waals surface area contributed by atoms with Gasteiger partial charge in [-0.15, -0.1) is 0 Å². The van der Waals surface area contributed by atoms with E-state index in [2.05, 4.69) is 17.3 Å². The first-order chi connectivity index (χ1) is 16.5. The van der Waals surface area contributed by atoms with Gasteiger partial charge in [0.25, 0.3) is 5.91 Å². The van der Waals surface area contributed by atoms with Crippen LogP contribution in [0.1, 0.15) is 12.5 Å². The molecule has 2 aromatic carbocycles. The fraction of sp³-hybridized carbons (Fsp3) is 0.320. The predicted octanol–water partition coefficient (Wildman–Crippen LogP) is 2.76. The van der Waals surface area contributed by atoms with Gasteiger partial charge in [-0.05, 0) is 36.2 Å². The van der Waals surface area contributed by atoms with Gasteiger partial charge >= 0.3 is 0 Å². The third-order valence-electron chi connectivity index (χ3n) is 5.45. The summed E-state index contributed by atoms with van der Waals surface area (Å²) in [6, 6.07) is 15.1. The lowest BCUT2D eigenvalue weighted by Gasteiger charge is -2.25. The maximum Gasteiger partial charge on any atom is 0.269 e. The van der Waals surface area contributed by atoms with Gasteiger partial charge in [0.1, 0.15) is 25.5 Å². The quantitative estimate of drug-likeness (QED) is 0.523. The molecule has 2 amide bonds. The van der Waals surface area contributed by atoms with Crippen molar-refractivity contribution in [2.45, 2.75) is 26.0 Å². The highest BCUT2D eigenvalue weighted by Crippen LogP contribution is 2.31. The van der Waals surface area contributed by atoms with Crippen LogP contribution in [0.15, 0.2) is 60.9 Å². The number of hydrogen-bond donors (Lipinski definition) is 1. The number of carbonyl (C=O) groups is 2. The van der Waals surface area contributed by atoms with Crippen LogP contribution >= 0.6 is 0 Å². The molecule has 1 aliphatic heterocycles. The summed E-state index contributed by atoms with van der Waals surface area (Å²) in [6.45, 7) is 3.10. The molecule has 0 unspecified atom stereocenters. The van der Waals surface area contributed by atoms with Crippen LogP contribution < -0.4 is 19.5 Å². The lowest BCUT2D eigenvalue weighted by atomic mass is 10.2. The minimum atomic E-state index is -0.774. The summed E-state index contributed by atoms with van der Waals surface area (Å²) >= 11 is 0. The molecule has 1 N–H and O–H groups in total. The lowest BCUT2D eigenvalue weighted by molar-refractivity contribution is -0.131. The molecule has 1 aliphatic rings. The van der Waals surface area contributed by atoms with Gasteiger partial charge in [0.2, 0.25) is 12.0 Å². The number of amides is 2. The van der Waals surface area contributed by atoms with E-state index < -0.39 is 6.10 Å². The van der Waals surface area contributed by atoms with Crippen LogP contribution in [0.4, 0.5) is 5.69 Å². The van der Waals surface area contributed by atoms with Crippen LogP contribution in [0, 0.1) is 0 Å². The molecule has 9 nitrogen and oxygen atoms in total. The SMILES string of the molecule is CCc1ccc(OCCN(C)C(=O)Cn2cc(NC(=O)[C@H]3COc4ccccc4O3)cn2)cc1. The van der Waals surface area contributed by atoms with E-state index in [0.717, 1.165) is 12.2 Å². The second-order valence-corrected chi connectivity index (χ2v) is 7.94. The third kappa shape index (κ3) is 5.86. The molecule has 2 heterocycles. The van der Waals surface area contributed by atoms with E-state index in [-0.39, 0.29) is 25.0 Å². The number of nitrogens with zero attached hydrogens (tertiary/aromatic N) is 3. The van der Waals surface area contributed by atoms with Crippen molar-refractivity contribution in [2.24, 2.45) is 0 Å². The molecule has 0 bridgehead atoms. The van der Waals surface area contributed by atoms with E-state index in [4.69, 9.17) is 14.2 Å². The zero-order valence-electron chi connectivity index (χ0n) is 19.3. The smallest absolute Gasteiger partial charge is 0.269 e. The molecule has 0 spiro atoms. The first-order valence-corrected chi connectivity index (χ1v) is 11.2. The topological polar surface area (TPSA) is 94.9 Å². The van der Waals surface area contributed by atoms with Crippen molar-refractivity contribution in [1.82, 2.24) is 14.7 Å². The summed E-state index contributed by atoms with van der Waals surface area (Å²) < 4.78 is 18.5. The Bertz CT molecular complexity index is 1130. The molecule has 178 valence electrons. The number of rotatable bonds is 9. The van der Waals surface area contributed by atoms with Gasteiger partial charge in [0.15, 0.2) is 11.5 Å². The molecule has 0 fully saturated rings. The molecule has 9 heteroatoms. The number of likely N-dealkylation sites (N-methyl/N-ethyl adjacent to an activating group) is 1. The maximum atomic E-state index is 12.5. The first-order valence-electron chi connectivity index (χ1n) is 11.2. The van der Waals surface area contributed by atoms with Crippen LogP contribution in [0.5, 0.6) is 17.2 Å². The molecule has 0 radical (unpaired) electrons. The normalized spacial score (nSPS) is 14.4. The number of aryl methyl sites for hydroxylation is 1. The van der Waals surface area contributed by atoms with Gasteiger partial charge < -0.3 is 24.4 Å².